The summed E-state index contributed by atoms with van der Waals surface area (Å²) in [7, 11) is 1.50. The minimum absolute atomic E-state index is 0.0815. The van der Waals surface area contributed by atoms with Crippen molar-refractivity contribution in [1.29, 1.82) is 0 Å². The van der Waals surface area contributed by atoms with E-state index in [-0.39, 0.29) is 5.56 Å². The number of hydrogen-bond acceptors (Lipinski definition) is 1. The molecule has 0 aliphatic rings. The molecule has 0 radical (unpaired) electrons. The summed E-state index contributed by atoms with van der Waals surface area (Å²) >= 11 is 9.57. The lowest BCUT2D eigenvalue weighted by Crippen LogP contribution is -2.01. The zero-order chi connectivity index (χ0) is 14.0. The standard InChI is InChI=1S/C14H10BrClF2O/c1-19-12-6-5-8(15)7-10(12)13(16)9-3-2-4-11(17)14(9)18/h2-7,13H,1H3. The smallest absolute Gasteiger partial charge is 0.163 e. The molecule has 0 aliphatic heterocycles. The Balaban J connectivity index is 2.52. The summed E-state index contributed by atoms with van der Waals surface area (Å²) in [5.74, 6) is -1.34. The molecule has 0 N–H and O–H groups in total. The third kappa shape index (κ3) is 2.90. The molecule has 100 valence electrons. The Morgan fingerprint density at radius 3 is 2.58 bits per heavy atom. The molecule has 0 bridgehead atoms. The maximum Gasteiger partial charge on any atom is 0.163 e. The molecule has 2 aromatic carbocycles. The van der Waals surface area contributed by atoms with Gasteiger partial charge < -0.3 is 4.74 Å². The van der Waals surface area contributed by atoms with E-state index < -0.39 is 17.0 Å². The molecule has 0 spiro atoms. The third-order valence-corrected chi connectivity index (χ3v) is 3.68. The van der Waals surface area contributed by atoms with Crippen LogP contribution in [0, 0.1) is 11.6 Å². The molecule has 0 saturated heterocycles. The molecule has 0 saturated carbocycles. The molecular formula is C14H10BrClF2O. The van der Waals surface area contributed by atoms with Gasteiger partial charge >= 0.3 is 0 Å². The Bertz CT molecular complexity index is 604. The first-order valence-corrected chi connectivity index (χ1v) is 6.69. The van der Waals surface area contributed by atoms with Crippen molar-refractivity contribution in [2.45, 2.75) is 5.38 Å². The fourth-order valence-electron chi connectivity index (χ4n) is 1.79. The number of hydrogen-bond donors (Lipinski definition) is 0. The second kappa shape index (κ2) is 5.88. The quantitative estimate of drug-likeness (QED) is 0.705. The molecule has 0 fully saturated rings. The Kier molecular flexibility index (Phi) is 4.42. The van der Waals surface area contributed by atoms with Crippen LogP contribution >= 0.6 is 27.5 Å². The van der Waals surface area contributed by atoms with Crippen molar-refractivity contribution >= 4 is 27.5 Å². The van der Waals surface area contributed by atoms with Gasteiger partial charge in [-0.15, -0.1) is 11.6 Å². The molecule has 0 aromatic heterocycles. The zero-order valence-electron chi connectivity index (χ0n) is 9.96. The normalized spacial score (nSPS) is 12.3. The van der Waals surface area contributed by atoms with Gasteiger partial charge in [0.05, 0.1) is 12.5 Å². The largest absolute Gasteiger partial charge is 0.496 e. The Labute approximate surface area is 123 Å². The van der Waals surface area contributed by atoms with E-state index >= 15 is 0 Å². The molecule has 0 amide bonds. The van der Waals surface area contributed by atoms with E-state index in [2.05, 4.69) is 15.9 Å². The van der Waals surface area contributed by atoms with Gasteiger partial charge in [0.25, 0.3) is 0 Å². The molecule has 19 heavy (non-hydrogen) atoms. The fourth-order valence-corrected chi connectivity index (χ4v) is 2.50. The van der Waals surface area contributed by atoms with Crippen molar-refractivity contribution in [2.24, 2.45) is 0 Å². The highest BCUT2D eigenvalue weighted by Crippen LogP contribution is 2.38. The van der Waals surface area contributed by atoms with Crippen molar-refractivity contribution in [1.82, 2.24) is 0 Å². The first-order chi connectivity index (χ1) is 9.04. The third-order valence-electron chi connectivity index (χ3n) is 2.72. The second-order valence-corrected chi connectivity index (χ2v) is 5.24. The lowest BCUT2D eigenvalue weighted by Gasteiger charge is -2.15. The average molecular weight is 348 g/mol. The predicted molar refractivity (Wildman–Crippen MR) is 74.7 cm³/mol. The summed E-state index contributed by atoms with van der Waals surface area (Å²) in [6.07, 6.45) is 0. The van der Waals surface area contributed by atoms with Gasteiger partial charge in [0.15, 0.2) is 11.6 Å². The summed E-state index contributed by atoms with van der Waals surface area (Å²) in [6, 6.07) is 9.16. The molecule has 1 unspecified atom stereocenters. The van der Waals surface area contributed by atoms with Crippen molar-refractivity contribution in [3.63, 3.8) is 0 Å². The summed E-state index contributed by atoms with van der Waals surface area (Å²) in [4.78, 5) is 0. The maximum atomic E-state index is 13.8. The topological polar surface area (TPSA) is 9.23 Å². The predicted octanol–water partition coefficient (Wildman–Crippen LogP) is 5.06. The summed E-state index contributed by atoms with van der Waals surface area (Å²) in [6.45, 7) is 0. The highest BCUT2D eigenvalue weighted by atomic mass is 79.9. The molecule has 0 heterocycles. The number of methoxy groups -OCH3 is 1. The van der Waals surface area contributed by atoms with Crippen LogP contribution in [0.25, 0.3) is 0 Å². The molecule has 5 heteroatoms. The molecular weight excluding hydrogens is 338 g/mol. The summed E-state index contributed by atoms with van der Waals surface area (Å²) in [5, 5.41) is -0.830. The van der Waals surface area contributed by atoms with Gasteiger partial charge in [0.2, 0.25) is 0 Å². The van der Waals surface area contributed by atoms with E-state index in [1.54, 1.807) is 18.2 Å². The van der Waals surface area contributed by atoms with Gasteiger partial charge in [-0.1, -0.05) is 28.1 Å². The number of alkyl halides is 1. The van der Waals surface area contributed by atoms with E-state index in [9.17, 15) is 8.78 Å². The van der Waals surface area contributed by atoms with Gasteiger partial charge in [-0.2, -0.15) is 0 Å². The van der Waals surface area contributed by atoms with Gasteiger partial charge in [-0.25, -0.2) is 8.78 Å². The average Bonchev–Trinajstić information content (AvgIpc) is 2.41. The van der Waals surface area contributed by atoms with Gasteiger partial charge in [0.1, 0.15) is 5.75 Å². The van der Waals surface area contributed by atoms with E-state index in [4.69, 9.17) is 16.3 Å². The molecule has 1 atom stereocenters. The van der Waals surface area contributed by atoms with Crippen LogP contribution in [0.3, 0.4) is 0 Å². The van der Waals surface area contributed by atoms with Crippen LogP contribution in [-0.4, -0.2) is 7.11 Å². The minimum atomic E-state index is -0.940. The minimum Gasteiger partial charge on any atom is -0.496 e. The van der Waals surface area contributed by atoms with Crippen LogP contribution in [-0.2, 0) is 0 Å². The van der Waals surface area contributed by atoms with Gasteiger partial charge in [0, 0.05) is 15.6 Å². The van der Waals surface area contributed by atoms with Crippen LogP contribution in [0.2, 0.25) is 0 Å². The lowest BCUT2D eigenvalue weighted by molar-refractivity contribution is 0.409. The summed E-state index contributed by atoms with van der Waals surface area (Å²) in [5.41, 5.74) is 0.654. The number of rotatable bonds is 3. The van der Waals surface area contributed by atoms with E-state index in [1.807, 2.05) is 0 Å². The summed E-state index contributed by atoms with van der Waals surface area (Å²) < 4.78 is 33.0. The van der Waals surface area contributed by atoms with E-state index in [0.717, 1.165) is 10.5 Å². The van der Waals surface area contributed by atoms with Gasteiger partial charge in [-0.05, 0) is 24.3 Å². The van der Waals surface area contributed by atoms with Gasteiger partial charge in [-0.3, -0.25) is 0 Å². The van der Waals surface area contributed by atoms with Crippen molar-refractivity contribution in [3.8, 4) is 5.75 Å². The highest BCUT2D eigenvalue weighted by molar-refractivity contribution is 9.10. The van der Waals surface area contributed by atoms with Crippen molar-refractivity contribution in [3.05, 3.63) is 63.6 Å². The lowest BCUT2D eigenvalue weighted by atomic mass is 10.0. The number of halogens is 4. The highest BCUT2D eigenvalue weighted by Gasteiger charge is 2.21. The molecule has 0 aliphatic carbocycles. The van der Waals surface area contributed by atoms with Crippen LogP contribution in [0.4, 0.5) is 8.78 Å². The van der Waals surface area contributed by atoms with Crippen molar-refractivity contribution < 1.29 is 13.5 Å². The van der Waals surface area contributed by atoms with Crippen LogP contribution in [0.15, 0.2) is 40.9 Å². The van der Waals surface area contributed by atoms with E-state index in [1.165, 1.54) is 19.2 Å². The first kappa shape index (κ1) is 14.3. The van der Waals surface area contributed by atoms with Crippen molar-refractivity contribution in [2.75, 3.05) is 7.11 Å². The first-order valence-electron chi connectivity index (χ1n) is 5.46. The SMILES string of the molecule is COc1ccc(Br)cc1C(Cl)c1cccc(F)c1F. The molecule has 2 aromatic rings. The monoisotopic (exact) mass is 346 g/mol. The number of ether oxygens (including phenoxy) is 1. The van der Waals surface area contributed by atoms with Crippen LogP contribution in [0.1, 0.15) is 16.5 Å². The fraction of sp³-hybridized carbons (Fsp3) is 0.143. The zero-order valence-corrected chi connectivity index (χ0v) is 12.3. The maximum absolute atomic E-state index is 13.8. The second-order valence-electron chi connectivity index (χ2n) is 3.89. The Morgan fingerprint density at radius 2 is 1.89 bits per heavy atom. The number of benzene rings is 2. The van der Waals surface area contributed by atoms with Crippen LogP contribution in [0.5, 0.6) is 5.75 Å². The molecule has 1 nitrogen and oxygen atoms in total. The van der Waals surface area contributed by atoms with Crippen LogP contribution < -0.4 is 4.74 Å². The van der Waals surface area contributed by atoms with E-state index in [0.29, 0.717) is 11.3 Å². The Morgan fingerprint density at radius 1 is 1.16 bits per heavy atom. The molecule has 2 rings (SSSR count). The Hall–Kier alpha value is -1.13.